The first-order valence-corrected chi connectivity index (χ1v) is 7.70. The van der Waals surface area contributed by atoms with Crippen molar-refractivity contribution in [1.29, 1.82) is 0 Å². The Labute approximate surface area is 139 Å². The Morgan fingerprint density at radius 3 is 2.75 bits per heavy atom. The molecule has 3 rings (SSSR count). The molecule has 24 heavy (non-hydrogen) atoms. The number of imidazole rings is 1. The van der Waals surface area contributed by atoms with Crippen LogP contribution in [0.3, 0.4) is 0 Å². The second kappa shape index (κ2) is 6.99. The molecular formula is C17H19N5O2. The Hall–Kier alpha value is -3.09. The fourth-order valence-electron chi connectivity index (χ4n) is 2.17. The molecule has 2 heterocycles. The van der Waals surface area contributed by atoms with Crippen molar-refractivity contribution in [3.63, 3.8) is 0 Å². The van der Waals surface area contributed by atoms with E-state index in [1.54, 1.807) is 36.5 Å². The monoisotopic (exact) mass is 325 g/mol. The number of aromatic amines is 1. The van der Waals surface area contributed by atoms with Crippen LogP contribution in [-0.2, 0) is 20.1 Å². The van der Waals surface area contributed by atoms with Crippen LogP contribution in [-0.4, -0.2) is 25.7 Å². The van der Waals surface area contributed by atoms with E-state index in [1.807, 2.05) is 24.7 Å². The number of hydrogen-bond donors (Lipinski definition) is 2. The highest BCUT2D eigenvalue weighted by Crippen LogP contribution is 2.17. The van der Waals surface area contributed by atoms with Crippen LogP contribution in [0.4, 0.5) is 5.69 Å². The topological polar surface area (TPSA) is 84.8 Å². The molecule has 7 nitrogen and oxygen atoms in total. The van der Waals surface area contributed by atoms with E-state index >= 15 is 0 Å². The minimum atomic E-state index is -0.243. The molecular weight excluding hydrogens is 306 g/mol. The summed E-state index contributed by atoms with van der Waals surface area (Å²) in [6.07, 6.45) is 4.41. The lowest BCUT2D eigenvalue weighted by molar-refractivity contribution is 0.102. The molecule has 1 aromatic carbocycles. The Morgan fingerprint density at radius 2 is 2.12 bits per heavy atom. The number of nitrogens with zero attached hydrogens (tertiary/aromatic N) is 3. The van der Waals surface area contributed by atoms with Gasteiger partial charge in [0.1, 0.15) is 18.2 Å². The Morgan fingerprint density at radius 1 is 1.33 bits per heavy atom. The molecule has 0 saturated carbocycles. The summed E-state index contributed by atoms with van der Waals surface area (Å²) >= 11 is 0. The summed E-state index contributed by atoms with van der Waals surface area (Å²) in [6, 6.07) is 8.94. The molecule has 0 aliphatic carbocycles. The summed E-state index contributed by atoms with van der Waals surface area (Å²) in [5, 5.41) is 9.63. The van der Waals surface area contributed by atoms with Crippen molar-refractivity contribution in [1.82, 2.24) is 19.7 Å². The van der Waals surface area contributed by atoms with Crippen molar-refractivity contribution < 1.29 is 9.53 Å². The lowest BCUT2D eigenvalue weighted by atomic mass is 10.2. The molecule has 0 bridgehead atoms. The van der Waals surface area contributed by atoms with Crippen molar-refractivity contribution in [3.05, 3.63) is 59.9 Å². The number of nitrogens with one attached hydrogen (secondary N) is 2. The molecule has 7 heteroatoms. The van der Waals surface area contributed by atoms with Crippen molar-refractivity contribution in [2.75, 3.05) is 5.32 Å². The molecule has 0 radical (unpaired) electrons. The van der Waals surface area contributed by atoms with Gasteiger partial charge in [-0.15, -0.1) is 0 Å². The van der Waals surface area contributed by atoms with E-state index in [9.17, 15) is 4.79 Å². The number of H-pyrrole nitrogens is 1. The molecule has 1 amide bonds. The SMILES string of the molecule is CCc1cc(C(=O)Nc2ccc(OCc3nccn3C)cc2)n[nH]1. The van der Waals surface area contributed by atoms with Gasteiger partial charge in [0.2, 0.25) is 0 Å². The van der Waals surface area contributed by atoms with E-state index in [0.717, 1.165) is 17.9 Å². The largest absolute Gasteiger partial charge is 0.486 e. The minimum Gasteiger partial charge on any atom is -0.486 e. The number of rotatable bonds is 6. The molecule has 2 aromatic heterocycles. The number of aryl methyl sites for hydroxylation is 2. The van der Waals surface area contributed by atoms with Crippen LogP contribution in [0, 0.1) is 0 Å². The molecule has 0 saturated heterocycles. The zero-order valence-corrected chi connectivity index (χ0v) is 13.6. The number of carbonyl (C=O) groups is 1. The van der Waals surface area contributed by atoms with Gasteiger partial charge in [-0.25, -0.2) is 4.98 Å². The van der Waals surface area contributed by atoms with Crippen LogP contribution in [0.15, 0.2) is 42.7 Å². The lowest BCUT2D eigenvalue weighted by Crippen LogP contribution is -2.12. The predicted molar refractivity (Wildman–Crippen MR) is 89.9 cm³/mol. The van der Waals surface area contributed by atoms with Gasteiger partial charge in [-0.05, 0) is 36.8 Å². The summed E-state index contributed by atoms with van der Waals surface area (Å²) in [4.78, 5) is 16.3. The van der Waals surface area contributed by atoms with Crippen LogP contribution in [0.25, 0.3) is 0 Å². The number of ether oxygens (including phenoxy) is 1. The highest BCUT2D eigenvalue weighted by atomic mass is 16.5. The van der Waals surface area contributed by atoms with E-state index in [2.05, 4.69) is 20.5 Å². The Kier molecular flexibility index (Phi) is 4.60. The first kappa shape index (κ1) is 15.8. The standard InChI is InChI=1S/C17H19N5O2/c1-3-12-10-15(21-20-12)17(23)19-13-4-6-14(7-5-13)24-11-16-18-8-9-22(16)2/h4-10H,3,11H2,1-2H3,(H,19,23)(H,20,21). The highest BCUT2D eigenvalue weighted by molar-refractivity contribution is 6.02. The maximum Gasteiger partial charge on any atom is 0.276 e. The fourth-order valence-corrected chi connectivity index (χ4v) is 2.17. The van der Waals surface area contributed by atoms with Gasteiger partial charge in [0.15, 0.2) is 5.69 Å². The minimum absolute atomic E-state index is 0.243. The van der Waals surface area contributed by atoms with Gasteiger partial charge in [-0.1, -0.05) is 6.92 Å². The van der Waals surface area contributed by atoms with E-state index in [0.29, 0.717) is 23.7 Å². The van der Waals surface area contributed by atoms with Crippen LogP contribution in [0.2, 0.25) is 0 Å². The molecule has 0 aliphatic rings. The van der Waals surface area contributed by atoms with Crippen LogP contribution in [0.1, 0.15) is 28.9 Å². The second-order valence-electron chi connectivity index (χ2n) is 5.35. The van der Waals surface area contributed by atoms with Gasteiger partial charge in [-0.2, -0.15) is 5.10 Å². The zero-order chi connectivity index (χ0) is 16.9. The van der Waals surface area contributed by atoms with Gasteiger partial charge in [-0.3, -0.25) is 9.89 Å². The molecule has 124 valence electrons. The average Bonchev–Trinajstić information content (AvgIpc) is 3.23. The van der Waals surface area contributed by atoms with Crippen molar-refractivity contribution in [3.8, 4) is 5.75 Å². The number of benzene rings is 1. The summed E-state index contributed by atoms with van der Waals surface area (Å²) in [6.45, 7) is 2.39. The van der Waals surface area contributed by atoms with Crippen molar-refractivity contribution in [2.45, 2.75) is 20.0 Å². The highest BCUT2D eigenvalue weighted by Gasteiger charge is 2.10. The maximum atomic E-state index is 12.1. The third-order valence-electron chi connectivity index (χ3n) is 3.65. The summed E-state index contributed by atoms with van der Waals surface area (Å²) < 4.78 is 7.59. The van der Waals surface area contributed by atoms with Gasteiger partial charge >= 0.3 is 0 Å². The molecule has 0 aliphatic heterocycles. The lowest BCUT2D eigenvalue weighted by Gasteiger charge is -2.08. The third kappa shape index (κ3) is 3.62. The van der Waals surface area contributed by atoms with Crippen LogP contribution in [0.5, 0.6) is 5.75 Å². The van der Waals surface area contributed by atoms with Gasteiger partial charge < -0.3 is 14.6 Å². The number of carbonyl (C=O) groups excluding carboxylic acids is 1. The second-order valence-corrected chi connectivity index (χ2v) is 5.35. The molecule has 2 N–H and O–H groups in total. The zero-order valence-electron chi connectivity index (χ0n) is 13.6. The van der Waals surface area contributed by atoms with E-state index < -0.39 is 0 Å². The predicted octanol–water partition coefficient (Wildman–Crippen LogP) is 2.54. The van der Waals surface area contributed by atoms with E-state index in [1.165, 1.54) is 0 Å². The quantitative estimate of drug-likeness (QED) is 0.729. The van der Waals surface area contributed by atoms with Gasteiger partial charge in [0, 0.05) is 30.8 Å². The van der Waals surface area contributed by atoms with Gasteiger partial charge in [0.25, 0.3) is 5.91 Å². The molecule has 0 atom stereocenters. The van der Waals surface area contributed by atoms with Gasteiger partial charge in [0.05, 0.1) is 0 Å². The number of amides is 1. The first-order valence-electron chi connectivity index (χ1n) is 7.70. The third-order valence-corrected chi connectivity index (χ3v) is 3.65. The maximum absolute atomic E-state index is 12.1. The average molecular weight is 325 g/mol. The van der Waals surface area contributed by atoms with Crippen molar-refractivity contribution >= 4 is 11.6 Å². The van der Waals surface area contributed by atoms with Crippen LogP contribution >= 0.6 is 0 Å². The molecule has 0 unspecified atom stereocenters. The summed E-state index contributed by atoms with van der Waals surface area (Å²) in [5.74, 6) is 1.31. The smallest absolute Gasteiger partial charge is 0.276 e. The number of anilines is 1. The summed E-state index contributed by atoms with van der Waals surface area (Å²) in [5.41, 5.74) is 1.99. The van der Waals surface area contributed by atoms with Crippen molar-refractivity contribution in [2.24, 2.45) is 7.05 Å². The number of aromatic nitrogens is 4. The summed E-state index contributed by atoms with van der Waals surface area (Å²) in [7, 11) is 1.92. The normalized spacial score (nSPS) is 10.6. The Bertz CT molecular complexity index is 820. The van der Waals surface area contributed by atoms with Crippen LogP contribution < -0.4 is 10.1 Å². The molecule has 0 spiro atoms. The number of hydrogen-bond acceptors (Lipinski definition) is 4. The first-order chi connectivity index (χ1) is 11.7. The van der Waals surface area contributed by atoms with E-state index in [4.69, 9.17) is 4.74 Å². The molecule has 0 fully saturated rings. The Balaban J connectivity index is 1.58. The fraction of sp³-hybridized carbons (Fsp3) is 0.235. The van der Waals surface area contributed by atoms with E-state index in [-0.39, 0.29) is 5.91 Å². The molecule has 3 aromatic rings.